The van der Waals surface area contributed by atoms with E-state index in [4.69, 9.17) is 31.2 Å². The number of imidazole rings is 1. The molecule has 1 N–H and O–H groups in total. The second-order valence-corrected chi connectivity index (χ2v) is 9.41. The highest BCUT2D eigenvalue weighted by Crippen LogP contribution is 2.36. The van der Waals surface area contributed by atoms with Gasteiger partial charge in [-0.05, 0) is 19.3 Å². The van der Waals surface area contributed by atoms with Crippen LogP contribution in [0.5, 0.6) is 0 Å². The SMILES string of the molecule is CCCCC(=O)OC[C@H]1O[C@@H](n2cnc3c(=S)nc[nH]c32)[C@@H](OC(=O)CCCC)[C@@H]1OC(=O)CCCC. The van der Waals surface area contributed by atoms with Gasteiger partial charge in [-0.25, -0.2) is 9.97 Å². The summed E-state index contributed by atoms with van der Waals surface area (Å²) in [5, 5.41) is 0. The Labute approximate surface area is 221 Å². The van der Waals surface area contributed by atoms with Crippen LogP contribution in [0.25, 0.3) is 11.2 Å². The van der Waals surface area contributed by atoms with Gasteiger partial charge in [0.05, 0.1) is 12.7 Å². The number of carbonyl (C=O) groups excluding carboxylic acids is 3. The van der Waals surface area contributed by atoms with Gasteiger partial charge in [-0.15, -0.1) is 0 Å². The first-order valence-corrected chi connectivity index (χ1v) is 13.4. The molecule has 0 bridgehead atoms. The van der Waals surface area contributed by atoms with E-state index in [0.717, 1.165) is 19.3 Å². The number of ether oxygens (including phenoxy) is 4. The van der Waals surface area contributed by atoms with Gasteiger partial charge in [0, 0.05) is 19.3 Å². The number of fused-ring (bicyclic) bond motifs is 1. The van der Waals surface area contributed by atoms with Crippen LogP contribution in [0.15, 0.2) is 12.7 Å². The molecule has 0 radical (unpaired) electrons. The minimum absolute atomic E-state index is 0.155. The third kappa shape index (κ3) is 7.57. The van der Waals surface area contributed by atoms with E-state index in [1.54, 1.807) is 4.57 Å². The summed E-state index contributed by atoms with van der Waals surface area (Å²) in [5.74, 6) is -1.24. The summed E-state index contributed by atoms with van der Waals surface area (Å²) in [7, 11) is 0. The van der Waals surface area contributed by atoms with Gasteiger partial charge in [0.25, 0.3) is 0 Å². The molecule has 3 heterocycles. The van der Waals surface area contributed by atoms with Crippen molar-refractivity contribution in [1.82, 2.24) is 19.5 Å². The molecular weight excluding hydrogens is 500 g/mol. The van der Waals surface area contributed by atoms with Crippen LogP contribution in [-0.4, -0.2) is 62.3 Å². The highest BCUT2D eigenvalue weighted by molar-refractivity contribution is 7.71. The first kappa shape index (κ1) is 28.7. The van der Waals surface area contributed by atoms with E-state index >= 15 is 0 Å². The lowest BCUT2D eigenvalue weighted by molar-refractivity contribution is -0.169. The summed E-state index contributed by atoms with van der Waals surface area (Å²) < 4.78 is 25.3. The molecule has 1 fully saturated rings. The number of hydrogen-bond donors (Lipinski definition) is 1. The number of aromatic amines is 1. The molecule has 1 saturated heterocycles. The van der Waals surface area contributed by atoms with Crippen molar-refractivity contribution >= 4 is 41.3 Å². The van der Waals surface area contributed by atoms with Gasteiger partial charge < -0.3 is 23.9 Å². The zero-order chi connectivity index (χ0) is 26.8. The second-order valence-electron chi connectivity index (χ2n) is 9.02. The predicted molar refractivity (Wildman–Crippen MR) is 136 cm³/mol. The van der Waals surface area contributed by atoms with Crippen LogP contribution in [0.3, 0.4) is 0 Å². The molecule has 2 aromatic rings. The average molecular weight is 537 g/mol. The monoisotopic (exact) mass is 536 g/mol. The van der Waals surface area contributed by atoms with Crippen LogP contribution in [-0.2, 0) is 33.3 Å². The quantitative estimate of drug-likeness (QED) is 0.211. The topological polar surface area (TPSA) is 135 Å². The Kier molecular flexibility index (Phi) is 11.0. The second kappa shape index (κ2) is 14.2. The van der Waals surface area contributed by atoms with E-state index in [1.807, 2.05) is 20.8 Å². The van der Waals surface area contributed by atoms with Crippen molar-refractivity contribution in [1.29, 1.82) is 0 Å². The normalized spacial score (nSPS) is 21.2. The van der Waals surface area contributed by atoms with E-state index in [1.165, 1.54) is 12.7 Å². The Bertz CT molecular complexity index is 1120. The number of aromatic nitrogens is 4. The number of nitrogens with zero attached hydrogens (tertiary/aromatic N) is 3. The van der Waals surface area contributed by atoms with Crippen LogP contribution >= 0.6 is 12.2 Å². The predicted octanol–water partition coefficient (Wildman–Crippen LogP) is 4.32. The largest absolute Gasteiger partial charge is 0.463 e. The van der Waals surface area contributed by atoms with E-state index in [2.05, 4.69) is 15.0 Å². The molecule has 0 unspecified atom stereocenters. The lowest BCUT2D eigenvalue weighted by Crippen LogP contribution is -2.41. The molecular formula is C25H36N4O7S. The van der Waals surface area contributed by atoms with Crippen LogP contribution in [0, 0.1) is 4.64 Å². The maximum Gasteiger partial charge on any atom is 0.306 e. The number of H-pyrrole nitrogens is 1. The summed E-state index contributed by atoms with van der Waals surface area (Å²) in [5.41, 5.74) is 0.958. The maximum atomic E-state index is 12.7. The van der Waals surface area contributed by atoms with Crippen molar-refractivity contribution < 1.29 is 33.3 Å². The van der Waals surface area contributed by atoms with Crippen LogP contribution in [0.1, 0.15) is 84.8 Å². The maximum absolute atomic E-state index is 12.7. The van der Waals surface area contributed by atoms with Gasteiger partial charge in [0.2, 0.25) is 0 Å². The molecule has 204 valence electrons. The summed E-state index contributed by atoms with van der Waals surface area (Å²) in [4.78, 5) is 49.0. The molecule has 1 aliphatic heterocycles. The summed E-state index contributed by atoms with van der Waals surface area (Å²) in [6.07, 6.45) is 4.41. The Morgan fingerprint density at radius 1 is 0.946 bits per heavy atom. The molecule has 0 saturated carbocycles. The zero-order valence-corrected chi connectivity index (χ0v) is 22.5. The fraction of sp³-hybridized carbons (Fsp3) is 0.680. The first-order valence-electron chi connectivity index (χ1n) is 13.0. The Morgan fingerprint density at radius 3 is 2.16 bits per heavy atom. The Morgan fingerprint density at radius 2 is 1.54 bits per heavy atom. The fourth-order valence-electron chi connectivity index (χ4n) is 4.03. The van der Waals surface area contributed by atoms with Crippen molar-refractivity contribution in [2.75, 3.05) is 6.61 Å². The average Bonchev–Trinajstić information content (AvgIpc) is 3.46. The van der Waals surface area contributed by atoms with Crippen molar-refractivity contribution in [2.45, 2.75) is 103 Å². The molecule has 2 aromatic heterocycles. The number of carbonyl (C=O) groups is 3. The number of rotatable bonds is 14. The molecule has 11 nitrogen and oxygen atoms in total. The molecule has 12 heteroatoms. The molecule has 0 amide bonds. The highest BCUT2D eigenvalue weighted by atomic mass is 32.1. The minimum Gasteiger partial charge on any atom is -0.463 e. The summed E-state index contributed by atoms with van der Waals surface area (Å²) in [6.45, 7) is 5.78. The minimum atomic E-state index is -0.998. The fourth-order valence-corrected chi connectivity index (χ4v) is 4.23. The smallest absolute Gasteiger partial charge is 0.306 e. The van der Waals surface area contributed by atoms with E-state index in [9.17, 15) is 14.4 Å². The first-order chi connectivity index (χ1) is 17.9. The lowest BCUT2D eigenvalue weighted by Gasteiger charge is -2.25. The van der Waals surface area contributed by atoms with E-state index < -0.39 is 36.5 Å². The summed E-state index contributed by atoms with van der Waals surface area (Å²) in [6, 6.07) is 0. The molecule has 3 rings (SSSR count). The van der Waals surface area contributed by atoms with Crippen molar-refractivity contribution in [3.8, 4) is 0 Å². The standard InChI is InChI=1S/C25H36N4O7S/c1-4-7-10-17(30)33-13-16-21(35-18(31)11-8-5-2)22(36-19(32)12-9-6-3)25(34-16)29-15-28-20-23(29)26-14-27-24(20)37/h14-16,21-22,25H,4-13H2,1-3H3,(H,26,27,37)/t16-,21-,22+,25-/m1/s1. The van der Waals surface area contributed by atoms with Crippen molar-refractivity contribution in [3.05, 3.63) is 17.3 Å². The van der Waals surface area contributed by atoms with Gasteiger partial charge in [0.1, 0.15) is 23.9 Å². The van der Waals surface area contributed by atoms with Gasteiger partial charge in [-0.1, -0.05) is 52.3 Å². The van der Waals surface area contributed by atoms with Gasteiger partial charge in [-0.3, -0.25) is 19.0 Å². The van der Waals surface area contributed by atoms with Gasteiger partial charge in [-0.2, -0.15) is 0 Å². The molecule has 4 atom stereocenters. The number of unbranched alkanes of at least 4 members (excludes halogenated alkanes) is 3. The van der Waals surface area contributed by atoms with Gasteiger partial charge in [0.15, 0.2) is 23.1 Å². The lowest BCUT2D eigenvalue weighted by atomic mass is 10.1. The van der Waals surface area contributed by atoms with Crippen molar-refractivity contribution in [3.63, 3.8) is 0 Å². The Hall–Kier alpha value is -2.86. The third-order valence-corrected chi connectivity index (χ3v) is 6.38. The number of nitrogens with one attached hydrogen (secondary N) is 1. The van der Waals surface area contributed by atoms with Crippen LogP contribution in [0.4, 0.5) is 0 Å². The molecule has 0 aromatic carbocycles. The molecule has 37 heavy (non-hydrogen) atoms. The molecule has 0 aliphatic carbocycles. The highest BCUT2D eigenvalue weighted by Gasteiger charge is 2.51. The third-order valence-electron chi connectivity index (χ3n) is 6.09. The van der Waals surface area contributed by atoms with E-state index in [0.29, 0.717) is 35.1 Å². The van der Waals surface area contributed by atoms with Crippen LogP contribution in [0.2, 0.25) is 0 Å². The Balaban J connectivity index is 1.93. The van der Waals surface area contributed by atoms with Gasteiger partial charge >= 0.3 is 17.9 Å². The van der Waals surface area contributed by atoms with Crippen LogP contribution < -0.4 is 0 Å². The zero-order valence-electron chi connectivity index (χ0n) is 21.6. The number of esters is 3. The number of hydrogen-bond acceptors (Lipinski definition) is 10. The molecule has 1 aliphatic rings. The van der Waals surface area contributed by atoms with Crippen molar-refractivity contribution in [2.24, 2.45) is 0 Å². The van der Waals surface area contributed by atoms with E-state index in [-0.39, 0.29) is 31.8 Å². The molecule has 0 spiro atoms. The summed E-state index contributed by atoms with van der Waals surface area (Å²) >= 11 is 5.28.